The normalized spacial score (nSPS) is 19.6. The molecule has 2 amide bonds. The molecule has 0 bridgehead atoms. The Morgan fingerprint density at radius 3 is 3.03 bits per heavy atom. The van der Waals surface area contributed by atoms with Crippen LogP contribution in [-0.2, 0) is 27.1 Å². The summed E-state index contributed by atoms with van der Waals surface area (Å²) in [7, 11) is 1.64. The van der Waals surface area contributed by atoms with Crippen molar-refractivity contribution in [3.63, 3.8) is 0 Å². The summed E-state index contributed by atoms with van der Waals surface area (Å²) >= 11 is 1.44. The molecule has 1 saturated heterocycles. The molecule has 0 aromatic carbocycles. The summed E-state index contributed by atoms with van der Waals surface area (Å²) in [4.78, 5) is 31.8. The fourth-order valence-electron chi connectivity index (χ4n) is 4.52. The van der Waals surface area contributed by atoms with E-state index in [0.29, 0.717) is 30.3 Å². The zero-order chi connectivity index (χ0) is 23.9. The third-order valence-electron chi connectivity index (χ3n) is 6.24. The van der Waals surface area contributed by atoms with Gasteiger partial charge in [-0.05, 0) is 61.3 Å². The van der Waals surface area contributed by atoms with Gasteiger partial charge >= 0.3 is 6.09 Å². The number of carbonyl (C=O) groups is 2. The lowest BCUT2D eigenvalue weighted by molar-refractivity contribution is -0.111. The second-order valence-electron chi connectivity index (χ2n) is 8.56. The maximum atomic E-state index is 12.6. The Hall–Kier alpha value is -3.22. The zero-order valence-corrected chi connectivity index (χ0v) is 20.0. The van der Waals surface area contributed by atoms with Gasteiger partial charge in [-0.1, -0.05) is 6.07 Å². The minimum absolute atomic E-state index is 0.0873. The van der Waals surface area contributed by atoms with Crippen molar-refractivity contribution in [3.05, 3.63) is 52.2 Å². The highest BCUT2D eigenvalue weighted by atomic mass is 32.1. The summed E-state index contributed by atoms with van der Waals surface area (Å²) < 4.78 is 10.9. The first-order chi connectivity index (χ1) is 16.6. The number of hydrogen-bond acceptors (Lipinski definition) is 7. The van der Waals surface area contributed by atoms with Crippen molar-refractivity contribution in [1.29, 1.82) is 5.26 Å². The summed E-state index contributed by atoms with van der Waals surface area (Å²) in [5, 5.41) is 13.1. The zero-order valence-electron chi connectivity index (χ0n) is 19.2. The molecule has 178 valence electrons. The Morgan fingerprint density at radius 1 is 1.38 bits per heavy atom. The number of methoxy groups -OCH3 is 1. The number of nitrogens with zero attached hydrogens (tertiary/aromatic N) is 3. The van der Waals surface area contributed by atoms with Crippen molar-refractivity contribution < 1.29 is 19.1 Å². The van der Waals surface area contributed by atoms with Crippen LogP contribution in [-0.4, -0.2) is 54.8 Å². The van der Waals surface area contributed by atoms with Crippen molar-refractivity contribution in [2.75, 3.05) is 32.2 Å². The molecule has 2 aliphatic rings. The lowest BCUT2D eigenvalue weighted by atomic mass is 9.88. The maximum absolute atomic E-state index is 12.6. The minimum Gasteiger partial charge on any atom is -0.449 e. The van der Waals surface area contributed by atoms with Crippen LogP contribution in [0.2, 0.25) is 0 Å². The van der Waals surface area contributed by atoms with E-state index in [0.717, 1.165) is 48.1 Å². The Bertz CT molecular complexity index is 1090. The lowest BCUT2D eigenvalue weighted by Crippen LogP contribution is -2.39. The van der Waals surface area contributed by atoms with Gasteiger partial charge in [0.05, 0.1) is 24.8 Å². The Morgan fingerprint density at radius 2 is 2.26 bits per heavy atom. The average Bonchev–Trinajstić information content (AvgIpc) is 3.45. The molecule has 0 saturated carbocycles. The number of aromatic nitrogens is 1. The van der Waals surface area contributed by atoms with E-state index in [2.05, 4.69) is 16.4 Å². The highest BCUT2D eigenvalue weighted by Crippen LogP contribution is 2.39. The van der Waals surface area contributed by atoms with Crippen LogP contribution in [0.3, 0.4) is 0 Å². The molecule has 1 fully saturated rings. The van der Waals surface area contributed by atoms with E-state index in [1.54, 1.807) is 36.5 Å². The number of rotatable bonds is 7. The number of nitrogens with one attached hydrogen (secondary N) is 1. The van der Waals surface area contributed by atoms with Gasteiger partial charge < -0.3 is 19.7 Å². The van der Waals surface area contributed by atoms with Gasteiger partial charge in [0, 0.05) is 37.0 Å². The van der Waals surface area contributed by atoms with E-state index in [9.17, 15) is 14.9 Å². The van der Waals surface area contributed by atoms with Crippen LogP contribution in [0, 0.1) is 17.2 Å². The van der Waals surface area contributed by atoms with Crippen LogP contribution in [0.15, 0.2) is 30.6 Å². The molecular weight excluding hydrogens is 452 g/mol. The fraction of sp³-hybridized carbons (Fsp3) is 0.440. The number of amides is 2. The molecule has 0 spiro atoms. The van der Waals surface area contributed by atoms with E-state index < -0.39 is 0 Å². The molecule has 4 rings (SSSR count). The highest BCUT2D eigenvalue weighted by molar-refractivity contribution is 7.16. The van der Waals surface area contributed by atoms with Crippen molar-refractivity contribution in [2.45, 2.75) is 38.1 Å². The van der Waals surface area contributed by atoms with E-state index in [4.69, 9.17) is 9.47 Å². The summed E-state index contributed by atoms with van der Waals surface area (Å²) in [6.45, 7) is 1.58. The van der Waals surface area contributed by atoms with Crippen molar-refractivity contribution >= 4 is 34.4 Å². The number of nitriles is 1. The maximum Gasteiger partial charge on any atom is 0.410 e. The SMILES string of the molecule is COC[C@@H]1CCCN1C(=O)OCC1CCc2c(sc(NC(=O)C=Cc3cccnc3)c2C#N)C1. The molecule has 1 aliphatic carbocycles. The third-order valence-corrected chi connectivity index (χ3v) is 7.41. The standard InChI is InChI=1S/C25H28N4O4S/c1-32-16-19-5-3-11-29(19)25(31)33-15-18-6-8-20-21(13-26)24(34-22(20)12-18)28-23(30)9-7-17-4-2-10-27-14-17/h2,4,7,9-10,14,18-19H,3,5-6,8,11-12,15-16H2,1H3,(H,28,30)/t18?,19-/m0/s1. The summed E-state index contributed by atoms with van der Waals surface area (Å²) in [5.74, 6) is -0.0974. The Kier molecular flexibility index (Phi) is 7.93. The van der Waals surface area contributed by atoms with E-state index in [1.165, 1.54) is 17.4 Å². The number of likely N-dealkylation sites (tertiary alicyclic amines) is 1. The molecule has 1 unspecified atom stereocenters. The average molecular weight is 481 g/mol. The molecule has 34 heavy (non-hydrogen) atoms. The Balaban J connectivity index is 1.35. The number of ether oxygens (including phenoxy) is 2. The molecule has 0 radical (unpaired) electrons. The van der Waals surface area contributed by atoms with Gasteiger partial charge in [-0.25, -0.2) is 4.79 Å². The number of carbonyl (C=O) groups excluding carboxylic acids is 2. The van der Waals surface area contributed by atoms with Gasteiger partial charge in [0.15, 0.2) is 0 Å². The molecule has 2 atom stereocenters. The van der Waals surface area contributed by atoms with Crippen LogP contribution in [0.1, 0.15) is 40.8 Å². The van der Waals surface area contributed by atoms with Crippen LogP contribution in [0.5, 0.6) is 0 Å². The smallest absolute Gasteiger partial charge is 0.410 e. The molecule has 2 aromatic rings. The molecular formula is C25H28N4O4S. The summed E-state index contributed by atoms with van der Waals surface area (Å²) in [6, 6.07) is 6.00. The summed E-state index contributed by atoms with van der Waals surface area (Å²) in [5.41, 5.74) is 2.36. The number of pyridine rings is 1. The van der Waals surface area contributed by atoms with Crippen LogP contribution in [0.25, 0.3) is 6.08 Å². The van der Waals surface area contributed by atoms with Crippen molar-refractivity contribution in [3.8, 4) is 6.07 Å². The summed E-state index contributed by atoms with van der Waals surface area (Å²) in [6.07, 6.45) is 10.4. The monoisotopic (exact) mass is 480 g/mol. The minimum atomic E-state index is -0.291. The molecule has 3 heterocycles. The van der Waals surface area contributed by atoms with E-state index in [-0.39, 0.29) is 24.0 Å². The first kappa shape index (κ1) is 23.9. The van der Waals surface area contributed by atoms with Crippen molar-refractivity contribution in [1.82, 2.24) is 9.88 Å². The van der Waals surface area contributed by atoms with Gasteiger partial charge in [0.2, 0.25) is 5.91 Å². The number of anilines is 1. The molecule has 9 heteroatoms. The van der Waals surface area contributed by atoms with Crippen molar-refractivity contribution in [2.24, 2.45) is 5.92 Å². The first-order valence-corrected chi connectivity index (χ1v) is 12.3. The largest absolute Gasteiger partial charge is 0.449 e. The molecule has 2 aromatic heterocycles. The highest BCUT2D eigenvalue weighted by Gasteiger charge is 2.31. The van der Waals surface area contributed by atoms with Crippen LogP contribution < -0.4 is 5.32 Å². The number of fused-ring (bicyclic) bond motifs is 1. The molecule has 1 aliphatic heterocycles. The fourth-order valence-corrected chi connectivity index (χ4v) is 5.83. The molecule has 1 N–H and O–H groups in total. The van der Waals surface area contributed by atoms with Gasteiger partial charge in [0.1, 0.15) is 11.1 Å². The lowest BCUT2D eigenvalue weighted by Gasteiger charge is -2.26. The third kappa shape index (κ3) is 5.64. The predicted octanol–water partition coefficient (Wildman–Crippen LogP) is 4.02. The topological polar surface area (TPSA) is 105 Å². The van der Waals surface area contributed by atoms with E-state index in [1.807, 2.05) is 6.07 Å². The Labute approximate surface area is 203 Å². The quantitative estimate of drug-likeness (QED) is 0.600. The molecule has 8 nitrogen and oxygen atoms in total. The van der Waals surface area contributed by atoms with Crippen LogP contribution >= 0.6 is 11.3 Å². The first-order valence-electron chi connectivity index (χ1n) is 11.4. The van der Waals surface area contributed by atoms with Gasteiger partial charge in [-0.15, -0.1) is 11.3 Å². The number of hydrogen-bond donors (Lipinski definition) is 1. The van der Waals surface area contributed by atoms with Gasteiger partial charge in [-0.2, -0.15) is 5.26 Å². The van der Waals surface area contributed by atoms with Gasteiger partial charge in [-0.3, -0.25) is 9.78 Å². The van der Waals surface area contributed by atoms with E-state index >= 15 is 0 Å². The van der Waals surface area contributed by atoms with Gasteiger partial charge in [0.25, 0.3) is 0 Å². The van der Waals surface area contributed by atoms with Crippen LogP contribution in [0.4, 0.5) is 9.80 Å². The number of thiophene rings is 1. The second kappa shape index (κ2) is 11.3. The second-order valence-corrected chi connectivity index (χ2v) is 9.66. The predicted molar refractivity (Wildman–Crippen MR) is 129 cm³/mol.